The third-order valence-corrected chi connectivity index (χ3v) is 2.79. The zero-order chi connectivity index (χ0) is 14.1. The Bertz CT molecular complexity index is 796. The molecule has 0 saturated heterocycles. The van der Waals surface area contributed by atoms with Gasteiger partial charge >= 0.3 is 5.97 Å². The first kappa shape index (κ1) is 12.0. The van der Waals surface area contributed by atoms with Crippen LogP contribution in [0.4, 0.5) is 17.3 Å². The van der Waals surface area contributed by atoms with Gasteiger partial charge in [-0.2, -0.15) is 4.98 Å². The molecule has 0 amide bonds. The molecule has 0 spiro atoms. The van der Waals surface area contributed by atoms with Crippen LogP contribution in [0.3, 0.4) is 0 Å². The lowest BCUT2D eigenvalue weighted by atomic mass is 10.2. The maximum absolute atomic E-state index is 11.1. The SMILES string of the molecule is Nc1nc2ncc(Nc3ccccc3C(=O)O)cc2[nH]1. The van der Waals surface area contributed by atoms with Gasteiger partial charge in [-0.25, -0.2) is 9.78 Å². The minimum Gasteiger partial charge on any atom is -0.478 e. The van der Waals surface area contributed by atoms with Crippen LogP contribution < -0.4 is 11.1 Å². The smallest absolute Gasteiger partial charge is 0.337 e. The van der Waals surface area contributed by atoms with Gasteiger partial charge in [0.15, 0.2) is 11.6 Å². The van der Waals surface area contributed by atoms with Crippen LogP contribution in [-0.4, -0.2) is 26.0 Å². The van der Waals surface area contributed by atoms with Crippen molar-refractivity contribution in [2.75, 3.05) is 11.1 Å². The average Bonchev–Trinajstić information content (AvgIpc) is 2.78. The van der Waals surface area contributed by atoms with E-state index in [-0.39, 0.29) is 11.5 Å². The molecule has 0 atom stereocenters. The number of nitrogens with one attached hydrogen (secondary N) is 2. The zero-order valence-electron chi connectivity index (χ0n) is 10.3. The molecule has 100 valence electrons. The highest BCUT2D eigenvalue weighted by atomic mass is 16.4. The number of nitrogen functional groups attached to an aromatic ring is 1. The lowest BCUT2D eigenvalue weighted by Crippen LogP contribution is -2.02. The minimum absolute atomic E-state index is 0.191. The van der Waals surface area contributed by atoms with Gasteiger partial charge in [0.1, 0.15) is 0 Å². The van der Waals surface area contributed by atoms with Crippen LogP contribution in [0.1, 0.15) is 10.4 Å². The van der Waals surface area contributed by atoms with Crippen molar-refractivity contribution in [3.8, 4) is 0 Å². The van der Waals surface area contributed by atoms with E-state index < -0.39 is 5.97 Å². The highest BCUT2D eigenvalue weighted by Gasteiger charge is 2.10. The Morgan fingerprint density at radius 1 is 1.35 bits per heavy atom. The van der Waals surface area contributed by atoms with E-state index in [1.54, 1.807) is 30.5 Å². The fraction of sp³-hybridized carbons (Fsp3) is 0. The van der Waals surface area contributed by atoms with Gasteiger partial charge in [0.05, 0.1) is 28.7 Å². The van der Waals surface area contributed by atoms with E-state index in [1.807, 2.05) is 0 Å². The van der Waals surface area contributed by atoms with E-state index in [4.69, 9.17) is 10.8 Å². The largest absolute Gasteiger partial charge is 0.478 e. The molecule has 0 aliphatic heterocycles. The summed E-state index contributed by atoms with van der Waals surface area (Å²) in [5.74, 6) is -0.705. The Morgan fingerprint density at radius 3 is 2.95 bits per heavy atom. The van der Waals surface area contributed by atoms with Crippen molar-refractivity contribution in [2.45, 2.75) is 0 Å². The normalized spacial score (nSPS) is 10.6. The molecule has 5 N–H and O–H groups in total. The summed E-state index contributed by atoms with van der Waals surface area (Å²) in [5, 5.41) is 12.2. The number of aromatic nitrogens is 3. The third kappa shape index (κ3) is 2.12. The predicted octanol–water partition coefficient (Wildman–Crippen LogP) is 1.98. The Labute approximate surface area is 113 Å². The fourth-order valence-corrected chi connectivity index (χ4v) is 1.92. The molecular formula is C13H11N5O2. The molecule has 20 heavy (non-hydrogen) atoms. The first-order valence-electron chi connectivity index (χ1n) is 5.84. The molecule has 7 heteroatoms. The summed E-state index contributed by atoms with van der Waals surface area (Å²) in [6, 6.07) is 8.42. The van der Waals surface area contributed by atoms with Crippen LogP contribution >= 0.6 is 0 Å². The molecule has 2 aromatic heterocycles. The van der Waals surface area contributed by atoms with Crippen LogP contribution in [0.2, 0.25) is 0 Å². The molecule has 3 aromatic rings. The maximum atomic E-state index is 11.1. The molecule has 0 aliphatic rings. The molecule has 0 aliphatic carbocycles. The second-order valence-corrected chi connectivity index (χ2v) is 4.19. The van der Waals surface area contributed by atoms with Crippen LogP contribution in [0, 0.1) is 0 Å². The maximum Gasteiger partial charge on any atom is 0.337 e. The van der Waals surface area contributed by atoms with Gasteiger partial charge in [0.2, 0.25) is 0 Å². The van der Waals surface area contributed by atoms with Crippen LogP contribution in [0.5, 0.6) is 0 Å². The molecular weight excluding hydrogens is 258 g/mol. The van der Waals surface area contributed by atoms with E-state index in [0.29, 0.717) is 22.5 Å². The van der Waals surface area contributed by atoms with E-state index in [9.17, 15) is 4.79 Å². The Kier molecular flexibility index (Phi) is 2.72. The van der Waals surface area contributed by atoms with Crippen molar-refractivity contribution >= 4 is 34.5 Å². The van der Waals surface area contributed by atoms with E-state index >= 15 is 0 Å². The lowest BCUT2D eigenvalue weighted by Gasteiger charge is -2.08. The number of fused-ring (bicyclic) bond motifs is 1. The van der Waals surface area contributed by atoms with Gasteiger partial charge in [-0.1, -0.05) is 12.1 Å². The van der Waals surface area contributed by atoms with Gasteiger partial charge in [-0.3, -0.25) is 0 Å². The molecule has 2 heterocycles. The number of imidazole rings is 1. The van der Waals surface area contributed by atoms with Gasteiger partial charge in [-0.15, -0.1) is 0 Å². The summed E-state index contributed by atoms with van der Waals surface area (Å²) in [6.07, 6.45) is 1.57. The van der Waals surface area contributed by atoms with Crippen LogP contribution in [-0.2, 0) is 0 Å². The molecule has 7 nitrogen and oxygen atoms in total. The summed E-state index contributed by atoms with van der Waals surface area (Å²) in [6.45, 7) is 0. The van der Waals surface area contributed by atoms with Crippen LogP contribution in [0.15, 0.2) is 36.5 Å². The summed E-state index contributed by atoms with van der Waals surface area (Å²) in [7, 11) is 0. The number of aromatic carboxylic acids is 1. The van der Waals surface area contributed by atoms with Gasteiger partial charge in [0, 0.05) is 0 Å². The topological polar surface area (TPSA) is 117 Å². The number of carbonyl (C=O) groups is 1. The number of hydrogen-bond acceptors (Lipinski definition) is 5. The zero-order valence-corrected chi connectivity index (χ0v) is 10.3. The number of benzene rings is 1. The van der Waals surface area contributed by atoms with Gasteiger partial charge in [-0.05, 0) is 18.2 Å². The standard InChI is InChI=1S/C13H11N5O2/c14-13-17-10-5-7(6-15-11(10)18-13)16-9-4-2-1-3-8(9)12(19)20/h1-6,16H,(H,19,20)(H3,14,15,17,18). The Morgan fingerprint density at radius 2 is 2.15 bits per heavy atom. The number of pyridine rings is 1. The quantitative estimate of drug-likeness (QED) is 0.577. The predicted molar refractivity (Wildman–Crippen MR) is 75.0 cm³/mol. The molecule has 0 radical (unpaired) electrons. The third-order valence-electron chi connectivity index (χ3n) is 2.79. The number of anilines is 3. The molecule has 0 bridgehead atoms. The molecule has 3 rings (SSSR count). The highest BCUT2D eigenvalue weighted by molar-refractivity contribution is 5.95. The lowest BCUT2D eigenvalue weighted by molar-refractivity contribution is 0.0698. The molecule has 0 unspecified atom stereocenters. The van der Waals surface area contributed by atoms with Crippen molar-refractivity contribution in [1.29, 1.82) is 0 Å². The second kappa shape index (κ2) is 4.54. The monoisotopic (exact) mass is 269 g/mol. The molecule has 0 fully saturated rings. The first-order chi connectivity index (χ1) is 9.63. The summed E-state index contributed by atoms with van der Waals surface area (Å²) < 4.78 is 0. The summed E-state index contributed by atoms with van der Waals surface area (Å²) >= 11 is 0. The van der Waals surface area contributed by atoms with Crippen molar-refractivity contribution in [1.82, 2.24) is 15.0 Å². The summed E-state index contributed by atoms with van der Waals surface area (Å²) in [5.41, 5.74) is 8.08. The molecule has 0 saturated carbocycles. The number of hydrogen-bond donors (Lipinski definition) is 4. The number of aromatic amines is 1. The number of rotatable bonds is 3. The van der Waals surface area contributed by atoms with E-state index in [0.717, 1.165) is 0 Å². The fourth-order valence-electron chi connectivity index (χ4n) is 1.92. The van der Waals surface area contributed by atoms with Gasteiger partial charge < -0.3 is 21.1 Å². The van der Waals surface area contributed by atoms with Crippen molar-refractivity contribution in [3.63, 3.8) is 0 Å². The van der Waals surface area contributed by atoms with Crippen LogP contribution in [0.25, 0.3) is 11.2 Å². The average molecular weight is 269 g/mol. The number of H-pyrrole nitrogens is 1. The van der Waals surface area contributed by atoms with Crippen molar-refractivity contribution < 1.29 is 9.90 Å². The number of nitrogens with two attached hydrogens (primary N) is 1. The van der Waals surface area contributed by atoms with E-state index in [2.05, 4.69) is 20.3 Å². The van der Waals surface area contributed by atoms with Crippen molar-refractivity contribution in [2.24, 2.45) is 0 Å². The first-order valence-corrected chi connectivity index (χ1v) is 5.84. The number of carboxylic acids is 1. The number of nitrogens with zero attached hydrogens (tertiary/aromatic N) is 2. The second-order valence-electron chi connectivity index (χ2n) is 4.19. The van der Waals surface area contributed by atoms with Crippen molar-refractivity contribution in [3.05, 3.63) is 42.1 Å². The number of para-hydroxylation sites is 1. The van der Waals surface area contributed by atoms with E-state index in [1.165, 1.54) is 6.07 Å². The minimum atomic E-state index is -0.993. The highest BCUT2D eigenvalue weighted by Crippen LogP contribution is 2.22. The van der Waals surface area contributed by atoms with Gasteiger partial charge in [0.25, 0.3) is 0 Å². The molecule has 1 aromatic carbocycles. The summed E-state index contributed by atoms with van der Waals surface area (Å²) in [4.78, 5) is 22.1. The number of carboxylic acid groups (broad SMARTS) is 1. The Hall–Kier alpha value is -3.09. The Balaban J connectivity index is 1.98.